The quantitative estimate of drug-likeness (QED) is 0.719. The summed E-state index contributed by atoms with van der Waals surface area (Å²) in [6, 6.07) is 2.22. The second kappa shape index (κ2) is 7.65. The number of halogens is 1. The lowest BCUT2D eigenvalue weighted by Gasteiger charge is -2.30. The van der Waals surface area contributed by atoms with Crippen molar-refractivity contribution < 1.29 is 4.74 Å². The molecule has 1 rings (SSSR count). The van der Waals surface area contributed by atoms with Gasteiger partial charge in [0.15, 0.2) is 0 Å². The molecule has 0 aliphatic heterocycles. The third-order valence-corrected chi connectivity index (χ3v) is 3.36. The Morgan fingerprint density at radius 2 is 2.00 bits per heavy atom. The van der Waals surface area contributed by atoms with Gasteiger partial charge in [-0.15, -0.1) is 0 Å². The molecule has 1 heterocycles. The summed E-state index contributed by atoms with van der Waals surface area (Å²) < 4.78 is 5.18. The molecule has 0 radical (unpaired) electrons. The van der Waals surface area contributed by atoms with E-state index in [1.807, 2.05) is 6.07 Å². The predicted molar refractivity (Wildman–Crippen MR) is 80.1 cm³/mol. The van der Waals surface area contributed by atoms with Gasteiger partial charge in [-0.3, -0.25) is 0 Å². The standard InChI is InChI=1S/C14H24ClN3O/c1-6-11(4)18(7-8-19-5)13-9-12(15)16-14(17-13)10(2)3/h9-11H,6-8H2,1-5H3. The van der Waals surface area contributed by atoms with Crippen LogP contribution in [0.2, 0.25) is 5.15 Å². The Bertz CT molecular complexity index is 398. The van der Waals surface area contributed by atoms with Crippen LogP contribution in [-0.2, 0) is 4.74 Å². The summed E-state index contributed by atoms with van der Waals surface area (Å²) in [5.41, 5.74) is 0. The van der Waals surface area contributed by atoms with Gasteiger partial charge in [-0.2, -0.15) is 0 Å². The van der Waals surface area contributed by atoms with Crippen molar-refractivity contribution in [3.63, 3.8) is 0 Å². The van der Waals surface area contributed by atoms with Crippen molar-refractivity contribution in [3.05, 3.63) is 17.0 Å². The first-order valence-corrected chi connectivity index (χ1v) is 7.17. The summed E-state index contributed by atoms with van der Waals surface area (Å²) in [6.45, 7) is 9.95. The van der Waals surface area contributed by atoms with Gasteiger partial charge in [-0.05, 0) is 13.3 Å². The fraction of sp³-hybridized carbons (Fsp3) is 0.714. The monoisotopic (exact) mass is 285 g/mol. The third kappa shape index (κ3) is 4.62. The first kappa shape index (κ1) is 16.2. The highest BCUT2D eigenvalue weighted by atomic mass is 35.5. The lowest BCUT2D eigenvalue weighted by Crippen LogP contribution is -2.36. The van der Waals surface area contributed by atoms with E-state index in [-0.39, 0.29) is 5.92 Å². The molecule has 1 aromatic rings. The van der Waals surface area contributed by atoms with Gasteiger partial charge in [0.2, 0.25) is 0 Å². The maximum Gasteiger partial charge on any atom is 0.135 e. The summed E-state index contributed by atoms with van der Waals surface area (Å²) >= 11 is 6.11. The number of methoxy groups -OCH3 is 1. The molecule has 5 heteroatoms. The maximum absolute atomic E-state index is 6.11. The van der Waals surface area contributed by atoms with Crippen molar-refractivity contribution in [2.24, 2.45) is 0 Å². The van der Waals surface area contributed by atoms with Crippen LogP contribution in [0.3, 0.4) is 0 Å². The first-order valence-electron chi connectivity index (χ1n) is 6.79. The van der Waals surface area contributed by atoms with E-state index in [4.69, 9.17) is 16.3 Å². The Labute approximate surface area is 121 Å². The summed E-state index contributed by atoms with van der Waals surface area (Å²) in [5.74, 6) is 1.93. The van der Waals surface area contributed by atoms with Crippen molar-refractivity contribution in [3.8, 4) is 0 Å². The summed E-state index contributed by atoms with van der Waals surface area (Å²) in [4.78, 5) is 11.1. The normalized spacial score (nSPS) is 12.8. The second-order valence-corrected chi connectivity index (χ2v) is 5.39. The Kier molecular flexibility index (Phi) is 6.52. The number of rotatable bonds is 7. The summed E-state index contributed by atoms with van der Waals surface area (Å²) in [7, 11) is 1.71. The Hall–Kier alpha value is -0.870. The molecule has 0 amide bonds. The molecule has 108 valence electrons. The highest BCUT2D eigenvalue weighted by molar-refractivity contribution is 6.29. The number of hydrogen-bond donors (Lipinski definition) is 0. The minimum absolute atomic E-state index is 0.263. The minimum Gasteiger partial charge on any atom is -0.383 e. The van der Waals surface area contributed by atoms with Crippen molar-refractivity contribution in [2.75, 3.05) is 25.2 Å². The van der Waals surface area contributed by atoms with Crippen molar-refractivity contribution in [1.82, 2.24) is 9.97 Å². The van der Waals surface area contributed by atoms with Crippen molar-refractivity contribution in [1.29, 1.82) is 0 Å². The van der Waals surface area contributed by atoms with E-state index in [1.165, 1.54) is 0 Å². The van der Waals surface area contributed by atoms with E-state index in [9.17, 15) is 0 Å². The third-order valence-electron chi connectivity index (χ3n) is 3.17. The van der Waals surface area contributed by atoms with E-state index < -0.39 is 0 Å². The molecule has 0 aliphatic rings. The molecule has 0 fully saturated rings. The highest BCUT2D eigenvalue weighted by Crippen LogP contribution is 2.22. The fourth-order valence-electron chi connectivity index (χ4n) is 1.80. The fourth-order valence-corrected chi connectivity index (χ4v) is 1.98. The molecule has 1 unspecified atom stereocenters. The van der Waals surface area contributed by atoms with Gasteiger partial charge in [-0.25, -0.2) is 9.97 Å². The van der Waals surface area contributed by atoms with E-state index >= 15 is 0 Å². The molecular formula is C14H24ClN3O. The van der Waals surface area contributed by atoms with Gasteiger partial charge in [0.05, 0.1) is 6.61 Å². The zero-order valence-electron chi connectivity index (χ0n) is 12.5. The average molecular weight is 286 g/mol. The molecule has 0 aliphatic carbocycles. The number of hydrogen-bond acceptors (Lipinski definition) is 4. The molecule has 0 N–H and O–H groups in total. The van der Waals surface area contributed by atoms with E-state index in [2.05, 4.69) is 42.6 Å². The average Bonchev–Trinajstić information content (AvgIpc) is 2.38. The van der Waals surface area contributed by atoms with Crippen molar-refractivity contribution in [2.45, 2.75) is 46.1 Å². The van der Waals surface area contributed by atoms with Gasteiger partial charge in [0.1, 0.15) is 16.8 Å². The first-order chi connectivity index (χ1) is 8.99. The molecule has 19 heavy (non-hydrogen) atoms. The van der Waals surface area contributed by atoms with Crippen LogP contribution in [0.25, 0.3) is 0 Å². The molecule has 0 spiro atoms. The molecule has 1 atom stereocenters. The molecule has 0 bridgehead atoms. The lowest BCUT2D eigenvalue weighted by atomic mass is 10.2. The number of ether oxygens (including phenoxy) is 1. The van der Waals surface area contributed by atoms with Gasteiger partial charge >= 0.3 is 0 Å². The SMILES string of the molecule is CCC(C)N(CCOC)c1cc(Cl)nc(C(C)C)n1. The molecule has 1 aromatic heterocycles. The molecule has 0 saturated heterocycles. The van der Waals surface area contributed by atoms with E-state index in [0.717, 1.165) is 24.6 Å². The maximum atomic E-state index is 6.11. The van der Waals surface area contributed by atoms with Crippen molar-refractivity contribution >= 4 is 17.4 Å². The Morgan fingerprint density at radius 1 is 1.32 bits per heavy atom. The van der Waals surface area contributed by atoms with Crippen LogP contribution in [0.4, 0.5) is 5.82 Å². The van der Waals surface area contributed by atoms with Crippen LogP contribution in [0, 0.1) is 0 Å². The Balaban J connectivity index is 3.06. The second-order valence-electron chi connectivity index (χ2n) is 5.01. The lowest BCUT2D eigenvalue weighted by molar-refractivity contribution is 0.203. The van der Waals surface area contributed by atoms with Crippen LogP contribution in [-0.4, -0.2) is 36.3 Å². The summed E-state index contributed by atoms with van der Waals surface area (Å²) in [5, 5.41) is 0.499. The molecule has 4 nitrogen and oxygen atoms in total. The van der Waals surface area contributed by atoms with E-state index in [1.54, 1.807) is 7.11 Å². The van der Waals surface area contributed by atoms with Crippen LogP contribution in [0.1, 0.15) is 45.9 Å². The van der Waals surface area contributed by atoms with Gasteiger partial charge in [0.25, 0.3) is 0 Å². The Morgan fingerprint density at radius 3 is 2.53 bits per heavy atom. The minimum atomic E-state index is 0.263. The number of aromatic nitrogens is 2. The smallest absolute Gasteiger partial charge is 0.135 e. The van der Waals surface area contributed by atoms with Crippen LogP contribution in [0.15, 0.2) is 6.07 Å². The number of nitrogens with zero attached hydrogens (tertiary/aromatic N) is 3. The predicted octanol–water partition coefficient (Wildman–Crippen LogP) is 3.50. The topological polar surface area (TPSA) is 38.2 Å². The van der Waals surface area contributed by atoms with Gasteiger partial charge < -0.3 is 9.64 Å². The number of anilines is 1. The largest absolute Gasteiger partial charge is 0.383 e. The molecular weight excluding hydrogens is 262 g/mol. The molecule has 0 saturated carbocycles. The van der Waals surface area contributed by atoms with Crippen LogP contribution >= 0.6 is 11.6 Å². The summed E-state index contributed by atoms with van der Waals surface area (Å²) in [6.07, 6.45) is 1.04. The van der Waals surface area contributed by atoms with Gasteiger partial charge in [-0.1, -0.05) is 32.4 Å². The van der Waals surface area contributed by atoms with Crippen LogP contribution in [0.5, 0.6) is 0 Å². The zero-order chi connectivity index (χ0) is 14.4. The molecule has 0 aromatic carbocycles. The van der Waals surface area contributed by atoms with Crippen LogP contribution < -0.4 is 4.90 Å². The van der Waals surface area contributed by atoms with Gasteiger partial charge in [0, 0.05) is 31.7 Å². The zero-order valence-corrected chi connectivity index (χ0v) is 13.2. The van der Waals surface area contributed by atoms with E-state index in [0.29, 0.717) is 17.8 Å². The highest BCUT2D eigenvalue weighted by Gasteiger charge is 2.17.